The molecule has 5 nitrogen and oxygen atoms in total. The second-order valence-electron chi connectivity index (χ2n) is 9.17. The Morgan fingerprint density at radius 3 is 2.80 bits per heavy atom. The number of Topliss-reactive ketones (excluding diaryl/α,β-unsaturated/α-hetero) is 1. The average Bonchev–Trinajstić information content (AvgIpc) is 2.88. The molecular formula is C28H24F2N4O. The molecule has 176 valence electrons. The minimum Gasteiger partial charge on any atom is -0.308 e. The van der Waals surface area contributed by atoms with E-state index in [2.05, 4.69) is 16.8 Å². The zero-order chi connectivity index (χ0) is 24.6. The molecule has 2 atom stereocenters. The van der Waals surface area contributed by atoms with Crippen molar-refractivity contribution in [1.82, 2.24) is 15.0 Å². The average molecular weight is 471 g/mol. The molecule has 0 aliphatic heterocycles. The quantitative estimate of drug-likeness (QED) is 0.417. The number of alkyl halides is 1. The standard InChI is InChI=1S/C28H24F2N4O/c1-3-11-28-15-23(31-2)24(35)14-18(28)8-9-21-25(20-6-4-5-7-22(20)30)33-27(34-26(21)28)17-10-12-32-19(13-17)16-29/h4-7,10,12-13,15,18H,3,8-9,11,14,16H2,1H3/t18-,28-/m1/s1. The number of pyridine rings is 1. The van der Waals surface area contributed by atoms with E-state index in [-0.39, 0.29) is 28.9 Å². The van der Waals surface area contributed by atoms with Gasteiger partial charge in [-0.3, -0.25) is 4.98 Å². The number of aromatic nitrogens is 3. The molecule has 2 aliphatic carbocycles. The van der Waals surface area contributed by atoms with Crippen molar-refractivity contribution < 1.29 is 13.6 Å². The van der Waals surface area contributed by atoms with E-state index in [1.54, 1.807) is 36.4 Å². The van der Waals surface area contributed by atoms with Crippen LogP contribution in [0.15, 0.2) is 54.4 Å². The number of nitrogens with zero attached hydrogens (tertiary/aromatic N) is 4. The van der Waals surface area contributed by atoms with Gasteiger partial charge in [-0.25, -0.2) is 23.6 Å². The van der Waals surface area contributed by atoms with Crippen LogP contribution in [0.1, 0.15) is 49.6 Å². The van der Waals surface area contributed by atoms with Gasteiger partial charge in [0.2, 0.25) is 5.70 Å². The number of halogens is 2. The van der Waals surface area contributed by atoms with Crippen molar-refractivity contribution in [3.63, 3.8) is 0 Å². The zero-order valence-electron chi connectivity index (χ0n) is 19.4. The molecular weight excluding hydrogens is 446 g/mol. The summed E-state index contributed by atoms with van der Waals surface area (Å²) < 4.78 is 28.4. The van der Waals surface area contributed by atoms with Gasteiger partial charge >= 0.3 is 0 Å². The molecule has 0 unspecified atom stereocenters. The van der Waals surface area contributed by atoms with Crippen LogP contribution in [-0.2, 0) is 23.3 Å². The van der Waals surface area contributed by atoms with E-state index in [1.807, 2.05) is 0 Å². The molecule has 7 heteroatoms. The van der Waals surface area contributed by atoms with Crippen LogP contribution in [0.25, 0.3) is 27.5 Å². The summed E-state index contributed by atoms with van der Waals surface area (Å²) in [5.41, 5.74) is 2.83. The molecule has 2 aromatic heterocycles. The lowest BCUT2D eigenvalue weighted by molar-refractivity contribution is -0.117. The van der Waals surface area contributed by atoms with Crippen molar-refractivity contribution in [2.45, 2.75) is 51.1 Å². The van der Waals surface area contributed by atoms with E-state index in [0.717, 1.165) is 24.1 Å². The monoisotopic (exact) mass is 470 g/mol. The molecule has 3 aromatic rings. The summed E-state index contributed by atoms with van der Waals surface area (Å²) in [7, 11) is 0. The summed E-state index contributed by atoms with van der Waals surface area (Å²) in [5.74, 6) is -0.167. The number of carbonyl (C=O) groups excluding carboxylic acids is 1. The van der Waals surface area contributed by atoms with Gasteiger partial charge in [-0.05, 0) is 49.4 Å². The third-order valence-electron chi connectivity index (χ3n) is 7.16. The minimum absolute atomic E-state index is 0.00279. The van der Waals surface area contributed by atoms with Crippen LogP contribution in [0.2, 0.25) is 0 Å². The van der Waals surface area contributed by atoms with Gasteiger partial charge in [0.05, 0.1) is 23.7 Å². The maximum atomic E-state index is 15.0. The molecule has 35 heavy (non-hydrogen) atoms. The predicted octanol–water partition coefficient (Wildman–Crippen LogP) is 6.19. The molecule has 0 fully saturated rings. The zero-order valence-corrected chi connectivity index (χ0v) is 19.4. The van der Waals surface area contributed by atoms with Gasteiger partial charge in [-0.1, -0.05) is 31.6 Å². The van der Waals surface area contributed by atoms with E-state index in [9.17, 15) is 9.18 Å². The van der Waals surface area contributed by atoms with Crippen LogP contribution < -0.4 is 0 Å². The number of rotatable bonds is 5. The highest BCUT2D eigenvalue weighted by Gasteiger charge is 2.48. The van der Waals surface area contributed by atoms with Gasteiger partial charge in [-0.15, -0.1) is 0 Å². The van der Waals surface area contributed by atoms with Gasteiger partial charge in [0.15, 0.2) is 11.6 Å². The molecule has 1 aromatic carbocycles. The first-order valence-electron chi connectivity index (χ1n) is 11.8. The number of benzene rings is 1. The van der Waals surface area contributed by atoms with E-state index in [4.69, 9.17) is 16.5 Å². The normalized spacial score (nSPS) is 21.0. The van der Waals surface area contributed by atoms with Gasteiger partial charge in [0, 0.05) is 34.7 Å². The SMILES string of the molecule is [C-]#[N+]C1=C[C@@]2(CCC)c3nc(-c4ccnc(CF)c4)nc(-c4ccccc4F)c3CC[C@@H]2CC1=O. The molecule has 0 radical (unpaired) electrons. The van der Waals surface area contributed by atoms with Crippen LogP contribution in [0.4, 0.5) is 8.78 Å². The number of hydrogen-bond donors (Lipinski definition) is 0. The fraction of sp³-hybridized carbons (Fsp3) is 0.321. The Labute approximate surface area is 202 Å². The Kier molecular flexibility index (Phi) is 5.98. The molecule has 2 aliphatic rings. The first-order valence-corrected chi connectivity index (χ1v) is 11.8. The molecule has 0 bridgehead atoms. The van der Waals surface area contributed by atoms with Crippen molar-refractivity contribution in [3.8, 4) is 22.6 Å². The van der Waals surface area contributed by atoms with Crippen molar-refractivity contribution in [2.75, 3.05) is 0 Å². The number of hydrogen-bond acceptors (Lipinski definition) is 4. The van der Waals surface area contributed by atoms with Crippen molar-refractivity contribution >= 4 is 5.78 Å². The Hall–Kier alpha value is -3.79. The van der Waals surface area contributed by atoms with Crippen LogP contribution in [0.5, 0.6) is 0 Å². The molecule has 0 saturated carbocycles. The number of fused-ring (bicyclic) bond motifs is 3. The molecule has 0 spiro atoms. The molecule has 5 rings (SSSR count). The topological polar surface area (TPSA) is 60.1 Å². The van der Waals surface area contributed by atoms with Crippen molar-refractivity contribution in [3.05, 3.63) is 88.6 Å². The Bertz CT molecular complexity index is 1390. The minimum atomic E-state index is -0.722. The molecule has 0 N–H and O–H groups in total. The van der Waals surface area contributed by atoms with Gasteiger partial charge in [-0.2, -0.15) is 0 Å². The summed E-state index contributed by atoms with van der Waals surface area (Å²) in [5, 5.41) is 0. The highest BCUT2D eigenvalue weighted by Crippen LogP contribution is 2.52. The van der Waals surface area contributed by atoms with Crippen LogP contribution in [-0.4, -0.2) is 20.7 Å². The van der Waals surface area contributed by atoms with E-state index in [0.29, 0.717) is 41.9 Å². The Morgan fingerprint density at radius 2 is 2.06 bits per heavy atom. The first kappa shape index (κ1) is 23.0. The number of carbonyl (C=O) groups is 1. The van der Waals surface area contributed by atoms with Crippen molar-refractivity contribution in [2.24, 2.45) is 5.92 Å². The summed E-state index contributed by atoms with van der Waals surface area (Å²) in [6.45, 7) is 8.92. The van der Waals surface area contributed by atoms with Crippen LogP contribution in [0, 0.1) is 18.3 Å². The maximum absolute atomic E-state index is 15.0. The fourth-order valence-corrected chi connectivity index (χ4v) is 5.60. The molecule has 0 saturated heterocycles. The van der Waals surface area contributed by atoms with Gasteiger partial charge < -0.3 is 4.79 Å². The number of ketones is 1. The lowest BCUT2D eigenvalue weighted by atomic mass is 9.59. The lowest BCUT2D eigenvalue weighted by Gasteiger charge is -2.45. The van der Waals surface area contributed by atoms with Gasteiger partial charge in [0.1, 0.15) is 12.5 Å². The highest BCUT2D eigenvalue weighted by atomic mass is 19.1. The third-order valence-corrected chi connectivity index (χ3v) is 7.16. The second kappa shape index (κ2) is 9.10. The van der Waals surface area contributed by atoms with E-state index < -0.39 is 12.1 Å². The smallest absolute Gasteiger partial charge is 0.226 e. The molecule has 2 heterocycles. The van der Waals surface area contributed by atoms with Crippen LogP contribution >= 0.6 is 0 Å². The molecule has 0 amide bonds. The Balaban J connectivity index is 1.84. The summed E-state index contributed by atoms with van der Waals surface area (Å²) >= 11 is 0. The largest absolute Gasteiger partial charge is 0.308 e. The predicted molar refractivity (Wildman–Crippen MR) is 128 cm³/mol. The highest BCUT2D eigenvalue weighted by molar-refractivity contribution is 5.98. The second-order valence-corrected chi connectivity index (χ2v) is 9.17. The Morgan fingerprint density at radius 1 is 1.23 bits per heavy atom. The third kappa shape index (κ3) is 3.83. The van der Waals surface area contributed by atoms with Gasteiger partial charge in [0.25, 0.3) is 0 Å². The number of allylic oxidation sites excluding steroid dienone is 2. The fourth-order valence-electron chi connectivity index (χ4n) is 5.60. The van der Waals surface area contributed by atoms with E-state index in [1.165, 1.54) is 12.3 Å². The summed E-state index contributed by atoms with van der Waals surface area (Å²) in [4.78, 5) is 30.0. The van der Waals surface area contributed by atoms with Crippen molar-refractivity contribution in [1.29, 1.82) is 0 Å². The maximum Gasteiger partial charge on any atom is 0.226 e. The summed E-state index contributed by atoms with van der Waals surface area (Å²) in [6, 6.07) is 9.82. The first-order chi connectivity index (χ1) is 17.0. The van der Waals surface area contributed by atoms with Crippen LogP contribution in [0.3, 0.4) is 0 Å². The van der Waals surface area contributed by atoms with E-state index >= 15 is 4.39 Å². The lowest BCUT2D eigenvalue weighted by Crippen LogP contribution is -2.43. The summed E-state index contributed by atoms with van der Waals surface area (Å²) in [6.07, 6.45) is 6.47.